The lowest BCUT2D eigenvalue weighted by atomic mass is 9.85. The van der Waals surface area contributed by atoms with Gasteiger partial charge in [-0.15, -0.1) is 6.58 Å². The molecule has 158 valence electrons. The van der Waals surface area contributed by atoms with Crippen molar-refractivity contribution in [3.05, 3.63) is 54.1 Å². The third-order valence-electron chi connectivity index (χ3n) is 4.62. The molecule has 1 amide bonds. The maximum Gasteiger partial charge on any atom is 0.216 e. The highest BCUT2D eigenvalue weighted by Crippen LogP contribution is 2.29. The summed E-state index contributed by atoms with van der Waals surface area (Å²) in [7, 11) is 1.60. The fourth-order valence-corrected chi connectivity index (χ4v) is 2.44. The first-order chi connectivity index (χ1) is 13.2. The summed E-state index contributed by atoms with van der Waals surface area (Å²) in [6, 6.07) is 9.12. The minimum atomic E-state index is 0.00463. The SMILES string of the molecule is C=CC(C)C=C=O.CCCC(CC(C)CC)c1ccc(C)cc1.CNC(C)=O. The number of benzene rings is 1. The van der Waals surface area contributed by atoms with Crippen LogP contribution in [-0.2, 0) is 9.59 Å². The Balaban J connectivity index is 0. The normalized spacial score (nSPS) is 12.5. The second-order valence-corrected chi connectivity index (χ2v) is 7.33. The van der Waals surface area contributed by atoms with Crippen LogP contribution in [0.2, 0.25) is 0 Å². The molecule has 0 spiro atoms. The van der Waals surface area contributed by atoms with Crippen molar-refractivity contribution < 1.29 is 9.59 Å². The smallest absolute Gasteiger partial charge is 0.216 e. The van der Waals surface area contributed by atoms with E-state index < -0.39 is 0 Å². The van der Waals surface area contributed by atoms with Crippen LogP contribution in [0.15, 0.2) is 43.0 Å². The standard InChI is InChI=1S/C16H26.C6H8O.C3H7NO/c1-5-7-16(12-13(3)6-2)15-10-8-14(4)9-11-15;1-3-6(2)4-5-7;1-3(5)4-2/h8-11,13,16H,5-7,12H2,1-4H3;3-4,6H,1H2,2H3;1-2H3,(H,4,5). The molecule has 1 N–H and O–H groups in total. The number of allylic oxidation sites excluding steroid dienone is 2. The van der Waals surface area contributed by atoms with E-state index in [0.717, 1.165) is 11.8 Å². The fraction of sp³-hybridized carbons (Fsp3) is 0.560. The Hall–Kier alpha value is -2.12. The van der Waals surface area contributed by atoms with Crippen molar-refractivity contribution in [2.75, 3.05) is 7.05 Å². The van der Waals surface area contributed by atoms with Crippen LogP contribution in [0.4, 0.5) is 0 Å². The van der Waals surface area contributed by atoms with E-state index in [1.165, 1.54) is 49.8 Å². The zero-order chi connectivity index (χ0) is 21.9. The Morgan fingerprint density at radius 1 is 1.21 bits per heavy atom. The highest BCUT2D eigenvalue weighted by Gasteiger charge is 2.13. The Labute approximate surface area is 173 Å². The quantitative estimate of drug-likeness (QED) is 0.422. The van der Waals surface area contributed by atoms with Crippen LogP contribution in [0, 0.1) is 18.8 Å². The van der Waals surface area contributed by atoms with Crippen molar-refractivity contribution in [2.45, 2.75) is 73.1 Å². The van der Waals surface area contributed by atoms with E-state index in [-0.39, 0.29) is 11.8 Å². The lowest BCUT2D eigenvalue weighted by Gasteiger charge is -2.20. The number of hydrogen-bond acceptors (Lipinski definition) is 2. The lowest BCUT2D eigenvalue weighted by molar-refractivity contribution is -0.118. The second kappa shape index (κ2) is 18.3. The number of amides is 1. The summed E-state index contributed by atoms with van der Waals surface area (Å²) < 4.78 is 0. The van der Waals surface area contributed by atoms with E-state index in [1.54, 1.807) is 19.1 Å². The highest BCUT2D eigenvalue weighted by molar-refractivity contribution is 5.72. The molecule has 0 aromatic heterocycles. The Morgan fingerprint density at radius 3 is 2.07 bits per heavy atom. The third kappa shape index (κ3) is 16.1. The van der Waals surface area contributed by atoms with Crippen molar-refractivity contribution in [3.63, 3.8) is 0 Å². The van der Waals surface area contributed by atoms with Gasteiger partial charge in [0, 0.05) is 26.0 Å². The number of carbonyl (C=O) groups excluding carboxylic acids is 2. The van der Waals surface area contributed by atoms with Crippen LogP contribution in [0.5, 0.6) is 0 Å². The maximum absolute atomic E-state index is 9.70. The number of nitrogens with one attached hydrogen (secondary N) is 1. The Kier molecular flexibility index (Phi) is 18.3. The van der Waals surface area contributed by atoms with Crippen molar-refractivity contribution in [2.24, 2.45) is 11.8 Å². The van der Waals surface area contributed by atoms with Crippen LogP contribution in [0.25, 0.3) is 0 Å². The van der Waals surface area contributed by atoms with E-state index in [1.807, 2.05) is 6.92 Å². The maximum atomic E-state index is 9.70. The van der Waals surface area contributed by atoms with Crippen LogP contribution >= 0.6 is 0 Å². The van der Waals surface area contributed by atoms with Gasteiger partial charge in [-0.1, -0.05) is 76.4 Å². The van der Waals surface area contributed by atoms with Crippen molar-refractivity contribution in [1.82, 2.24) is 5.32 Å². The molecule has 1 aromatic carbocycles. The second-order valence-electron chi connectivity index (χ2n) is 7.33. The molecule has 0 saturated heterocycles. The predicted molar refractivity (Wildman–Crippen MR) is 122 cm³/mol. The van der Waals surface area contributed by atoms with E-state index in [9.17, 15) is 9.59 Å². The van der Waals surface area contributed by atoms with Crippen LogP contribution in [0.3, 0.4) is 0 Å². The molecule has 0 bridgehead atoms. The van der Waals surface area contributed by atoms with Crippen LogP contribution in [0.1, 0.15) is 77.3 Å². The zero-order valence-electron chi connectivity index (χ0n) is 19.0. The molecule has 0 radical (unpaired) electrons. The minimum Gasteiger partial charge on any atom is -0.359 e. The molecule has 0 saturated carbocycles. The topological polar surface area (TPSA) is 46.2 Å². The number of rotatable bonds is 8. The first kappa shape index (κ1) is 28.1. The summed E-state index contributed by atoms with van der Waals surface area (Å²) in [5, 5.41) is 2.39. The Morgan fingerprint density at radius 2 is 1.75 bits per heavy atom. The molecule has 28 heavy (non-hydrogen) atoms. The summed E-state index contributed by atoms with van der Waals surface area (Å²) in [6.45, 7) is 15.9. The van der Waals surface area contributed by atoms with Gasteiger partial charge in [0.05, 0.1) is 0 Å². The summed E-state index contributed by atoms with van der Waals surface area (Å²) in [5.74, 6) is 3.45. The van der Waals surface area contributed by atoms with Gasteiger partial charge in [-0.05, 0) is 37.2 Å². The van der Waals surface area contributed by atoms with Crippen LogP contribution in [-0.4, -0.2) is 18.9 Å². The van der Waals surface area contributed by atoms with E-state index in [0.29, 0.717) is 0 Å². The van der Waals surface area contributed by atoms with Gasteiger partial charge in [0.25, 0.3) is 0 Å². The summed E-state index contributed by atoms with van der Waals surface area (Å²) >= 11 is 0. The summed E-state index contributed by atoms with van der Waals surface area (Å²) in [4.78, 5) is 19.2. The number of carbonyl (C=O) groups is 1. The summed E-state index contributed by atoms with van der Waals surface area (Å²) in [6.07, 6.45) is 8.36. The van der Waals surface area contributed by atoms with Gasteiger partial charge < -0.3 is 5.32 Å². The zero-order valence-corrected chi connectivity index (χ0v) is 19.0. The molecule has 1 rings (SSSR count). The fourth-order valence-electron chi connectivity index (χ4n) is 2.44. The average Bonchev–Trinajstić information content (AvgIpc) is 2.69. The van der Waals surface area contributed by atoms with Gasteiger partial charge in [-0.3, -0.25) is 4.79 Å². The molecule has 3 nitrogen and oxygen atoms in total. The number of aryl methyl sites for hydroxylation is 1. The molecule has 3 atom stereocenters. The average molecular weight is 388 g/mol. The molecule has 0 fully saturated rings. The molecule has 0 aliphatic rings. The van der Waals surface area contributed by atoms with Crippen molar-refractivity contribution in [1.29, 1.82) is 0 Å². The molecule has 3 unspecified atom stereocenters. The van der Waals surface area contributed by atoms with Gasteiger partial charge in [0.2, 0.25) is 5.91 Å². The van der Waals surface area contributed by atoms with Gasteiger partial charge in [-0.25, -0.2) is 4.79 Å². The van der Waals surface area contributed by atoms with Gasteiger partial charge in [0.1, 0.15) is 5.94 Å². The molecule has 3 heteroatoms. The highest BCUT2D eigenvalue weighted by atomic mass is 16.1. The van der Waals surface area contributed by atoms with Crippen molar-refractivity contribution >= 4 is 11.8 Å². The number of hydrogen-bond donors (Lipinski definition) is 1. The monoisotopic (exact) mass is 387 g/mol. The van der Waals surface area contributed by atoms with Gasteiger partial charge in [0.15, 0.2) is 0 Å². The molecular weight excluding hydrogens is 346 g/mol. The largest absolute Gasteiger partial charge is 0.359 e. The third-order valence-corrected chi connectivity index (χ3v) is 4.62. The molecule has 0 aliphatic carbocycles. The van der Waals surface area contributed by atoms with E-state index in [4.69, 9.17) is 0 Å². The van der Waals surface area contributed by atoms with Crippen molar-refractivity contribution in [3.8, 4) is 0 Å². The van der Waals surface area contributed by atoms with Gasteiger partial charge in [-0.2, -0.15) is 0 Å². The molecular formula is C25H41NO2. The van der Waals surface area contributed by atoms with Crippen LogP contribution < -0.4 is 5.32 Å². The molecule has 0 aliphatic heterocycles. The molecule has 1 aromatic rings. The lowest BCUT2D eigenvalue weighted by Crippen LogP contribution is -2.11. The molecule has 0 heterocycles. The predicted octanol–water partition coefficient (Wildman–Crippen LogP) is 6.26. The van der Waals surface area contributed by atoms with E-state index >= 15 is 0 Å². The summed E-state index contributed by atoms with van der Waals surface area (Å²) in [5.41, 5.74) is 2.90. The van der Waals surface area contributed by atoms with Gasteiger partial charge >= 0.3 is 0 Å². The first-order valence-electron chi connectivity index (χ1n) is 10.3. The Bertz CT molecular complexity index is 571. The first-order valence-corrected chi connectivity index (χ1v) is 10.3. The minimum absolute atomic E-state index is 0.00463. The van der Waals surface area contributed by atoms with E-state index in [2.05, 4.69) is 63.9 Å².